The van der Waals surface area contributed by atoms with Gasteiger partial charge in [-0.2, -0.15) is 4.42 Å². The van der Waals surface area contributed by atoms with Crippen molar-refractivity contribution in [3.05, 3.63) is 0 Å². The summed E-state index contributed by atoms with van der Waals surface area (Å²) < 4.78 is 0.778. The average Bonchev–Trinajstić information content (AvgIpc) is 2.33. The molecule has 0 aromatic heterocycles. The molecule has 1 aliphatic carbocycles. The number of hydrogen-bond acceptors (Lipinski definition) is 2. The van der Waals surface area contributed by atoms with E-state index in [1.54, 1.807) is 0 Å². The van der Waals surface area contributed by atoms with E-state index >= 15 is 0 Å². The van der Waals surface area contributed by atoms with Crippen molar-refractivity contribution in [3.8, 4) is 0 Å². The molecule has 1 heterocycles. The number of carbonyl (C=O) groups is 2. The molecule has 2 amide bonds. The van der Waals surface area contributed by atoms with Gasteiger partial charge in [-0.3, -0.25) is 9.59 Å². The summed E-state index contributed by atoms with van der Waals surface area (Å²) in [5.74, 6) is -0.592. The lowest BCUT2D eigenvalue weighted by atomic mass is 9.81. The molecule has 66 valence electrons. The zero-order chi connectivity index (χ0) is 8.72. The molecule has 1 saturated heterocycles. The molecule has 0 radical (unpaired) electrons. The van der Waals surface area contributed by atoms with E-state index in [1.807, 2.05) is 0 Å². The van der Waals surface area contributed by atoms with E-state index in [4.69, 9.17) is 11.8 Å². The molecule has 0 N–H and O–H groups in total. The Hall–Kier alpha value is -0.570. The topological polar surface area (TPSA) is 37.4 Å². The number of halogens is 1. The summed E-state index contributed by atoms with van der Waals surface area (Å²) in [4.78, 5) is 22.6. The summed E-state index contributed by atoms with van der Waals surface area (Å²) in [6, 6.07) is 0. The van der Waals surface area contributed by atoms with Gasteiger partial charge in [0.1, 0.15) is 0 Å². The number of nitrogens with zero attached hydrogens (tertiary/aromatic N) is 1. The summed E-state index contributed by atoms with van der Waals surface area (Å²) in [6.45, 7) is 0. The Morgan fingerprint density at radius 2 is 1.50 bits per heavy atom. The standard InChI is InChI=1S/C8H10ClNO2/c9-10-7(11)5-3-1-2-4-6(5)8(10)12/h5-6H,1-4H2/t5-,6+. The fourth-order valence-corrected chi connectivity index (χ4v) is 2.37. The Kier molecular flexibility index (Phi) is 1.83. The Bertz CT molecular complexity index is 217. The van der Waals surface area contributed by atoms with Crippen LogP contribution in [-0.4, -0.2) is 16.2 Å². The van der Waals surface area contributed by atoms with Crippen LogP contribution in [0.25, 0.3) is 0 Å². The molecule has 2 atom stereocenters. The first-order valence-electron chi connectivity index (χ1n) is 4.25. The van der Waals surface area contributed by atoms with E-state index in [-0.39, 0.29) is 23.7 Å². The van der Waals surface area contributed by atoms with E-state index in [2.05, 4.69) is 0 Å². The Morgan fingerprint density at radius 1 is 1.08 bits per heavy atom. The van der Waals surface area contributed by atoms with Crippen LogP contribution in [0.15, 0.2) is 0 Å². The van der Waals surface area contributed by atoms with Crippen LogP contribution < -0.4 is 0 Å². The SMILES string of the molecule is O=C1[C@H]2CCCC[C@H]2C(=O)N1Cl. The smallest absolute Gasteiger partial charge is 0.247 e. The average molecular weight is 188 g/mol. The van der Waals surface area contributed by atoms with Crippen molar-refractivity contribution >= 4 is 23.6 Å². The summed E-state index contributed by atoms with van der Waals surface area (Å²) in [6.07, 6.45) is 3.76. The maximum atomic E-state index is 11.3. The van der Waals surface area contributed by atoms with Crippen molar-refractivity contribution in [1.29, 1.82) is 0 Å². The summed E-state index contributed by atoms with van der Waals surface area (Å²) in [5.41, 5.74) is 0. The monoisotopic (exact) mass is 187 g/mol. The van der Waals surface area contributed by atoms with Gasteiger partial charge in [-0.05, 0) is 12.8 Å². The minimum Gasteiger partial charge on any atom is -0.273 e. The normalized spacial score (nSPS) is 35.6. The molecule has 3 nitrogen and oxygen atoms in total. The second-order valence-electron chi connectivity index (χ2n) is 3.45. The second kappa shape index (κ2) is 2.73. The number of carbonyl (C=O) groups excluding carboxylic acids is 2. The molecule has 0 aromatic rings. The molecule has 2 fully saturated rings. The van der Waals surface area contributed by atoms with E-state index in [0.717, 1.165) is 30.1 Å². The summed E-state index contributed by atoms with van der Waals surface area (Å²) in [7, 11) is 0. The largest absolute Gasteiger partial charge is 0.273 e. The van der Waals surface area contributed by atoms with Gasteiger partial charge in [0.05, 0.1) is 11.8 Å². The van der Waals surface area contributed by atoms with Crippen molar-refractivity contribution in [2.24, 2.45) is 11.8 Å². The lowest BCUT2D eigenvalue weighted by Crippen LogP contribution is -2.21. The molecule has 0 spiro atoms. The zero-order valence-corrected chi connectivity index (χ0v) is 7.38. The third-order valence-corrected chi connectivity index (χ3v) is 3.12. The van der Waals surface area contributed by atoms with Crippen molar-refractivity contribution in [2.45, 2.75) is 25.7 Å². The number of fused-ring (bicyclic) bond motifs is 1. The Morgan fingerprint density at radius 3 is 1.92 bits per heavy atom. The van der Waals surface area contributed by atoms with Gasteiger partial charge in [0.2, 0.25) is 11.8 Å². The van der Waals surface area contributed by atoms with E-state index in [1.165, 1.54) is 0 Å². The highest BCUT2D eigenvalue weighted by Crippen LogP contribution is 2.38. The molecule has 0 unspecified atom stereocenters. The molecular weight excluding hydrogens is 178 g/mol. The number of hydrogen-bond donors (Lipinski definition) is 0. The van der Waals surface area contributed by atoms with Gasteiger partial charge >= 0.3 is 0 Å². The minimum atomic E-state index is -0.189. The maximum Gasteiger partial charge on any atom is 0.247 e. The van der Waals surface area contributed by atoms with Gasteiger partial charge in [-0.15, -0.1) is 0 Å². The first kappa shape index (κ1) is 8.05. The molecule has 0 aromatic carbocycles. The third kappa shape index (κ3) is 0.959. The molecular formula is C8H10ClNO2. The van der Waals surface area contributed by atoms with Crippen LogP contribution >= 0.6 is 11.8 Å². The molecule has 4 heteroatoms. The number of amides is 2. The molecule has 1 aliphatic heterocycles. The van der Waals surface area contributed by atoms with Crippen molar-refractivity contribution in [2.75, 3.05) is 0 Å². The highest BCUT2D eigenvalue weighted by atomic mass is 35.5. The lowest BCUT2D eigenvalue weighted by molar-refractivity contribution is -0.133. The van der Waals surface area contributed by atoms with Gasteiger partial charge in [-0.25, -0.2) is 0 Å². The first-order chi connectivity index (χ1) is 5.72. The third-order valence-electron chi connectivity index (χ3n) is 2.79. The fraction of sp³-hybridized carbons (Fsp3) is 0.750. The van der Waals surface area contributed by atoms with Gasteiger partial charge in [0.25, 0.3) is 0 Å². The predicted molar refractivity (Wildman–Crippen MR) is 43.2 cm³/mol. The molecule has 12 heavy (non-hydrogen) atoms. The lowest BCUT2D eigenvalue weighted by Gasteiger charge is -2.19. The minimum absolute atomic E-state index is 0.108. The van der Waals surface area contributed by atoms with Gasteiger partial charge in [0, 0.05) is 11.8 Å². The highest BCUT2D eigenvalue weighted by molar-refractivity contribution is 6.33. The van der Waals surface area contributed by atoms with Crippen molar-refractivity contribution in [1.82, 2.24) is 4.42 Å². The van der Waals surface area contributed by atoms with Crippen LogP contribution in [0.3, 0.4) is 0 Å². The number of imide groups is 1. The molecule has 0 bridgehead atoms. The van der Waals surface area contributed by atoms with Crippen molar-refractivity contribution < 1.29 is 9.59 Å². The quantitative estimate of drug-likeness (QED) is 0.424. The summed E-state index contributed by atoms with van der Waals surface area (Å²) in [5, 5.41) is 0. The van der Waals surface area contributed by atoms with E-state index < -0.39 is 0 Å². The maximum absolute atomic E-state index is 11.3. The van der Waals surface area contributed by atoms with Crippen LogP contribution in [0.2, 0.25) is 0 Å². The van der Waals surface area contributed by atoms with Crippen LogP contribution in [0.4, 0.5) is 0 Å². The van der Waals surface area contributed by atoms with Crippen LogP contribution in [0, 0.1) is 11.8 Å². The van der Waals surface area contributed by atoms with E-state index in [0.29, 0.717) is 0 Å². The molecule has 2 rings (SSSR count). The number of rotatable bonds is 0. The van der Waals surface area contributed by atoms with Crippen LogP contribution in [0.1, 0.15) is 25.7 Å². The van der Waals surface area contributed by atoms with Crippen molar-refractivity contribution in [3.63, 3.8) is 0 Å². The highest BCUT2D eigenvalue weighted by Gasteiger charge is 2.47. The molecule has 2 aliphatic rings. The first-order valence-corrected chi connectivity index (χ1v) is 4.59. The van der Waals surface area contributed by atoms with Gasteiger partial charge in [-0.1, -0.05) is 12.8 Å². The Balaban J connectivity index is 2.25. The zero-order valence-electron chi connectivity index (χ0n) is 6.62. The van der Waals surface area contributed by atoms with Crippen LogP contribution in [0.5, 0.6) is 0 Å². The molecule has 1 saturated carbocycles. The van der Waals surface area contributed by atoms with Crippen LogP contribution in [-0.2, 0) is 9.59 Å². The predicted octanol–water partition coefficient (Wildman–Crippen LogP) is 1.32. The summed E-state index contributed by atoms with van der Waals surface area (Å²) >= 11 is 5.52. The fourth-order valence-electron chi connectivity index (χ4n) is 2.12. The van der Waals surface area contributed by atoms with Gasteiger partial charge in [0.15, 0.2) is 0 Å². The van der Waals surface area contributed by atoms with Gasteiger partial charge < -0.3 is 0 Å². The Labute approximate surface area is 75.8 Å². The second-order valence-corrected chi connectivity index (χ2v) is 3.79. The van der Waals surface area contributed by atoms with E-state index in [9.17, 15) is 9.59 Å².